The Bertz CT molecular complexity index is 546. The van der Waals surface area contributed by atoms with Gasteiger partial charge in [-0.2, -0.15) is 0 Å². The first-order chi connectivity index (χ1) is 11.1. The highest BCUT2D eigenvalue weighted by molar-refractivity contribution is 5.78. The fourth-order valence-corrected chi connectivity index (χ4v) is 4.24. The molecule has 0 radical (unpaired) electrons. The molecule has 1 fully saturated rings. The van der Waals surface area contributed by atoms with E-state index in [1.165, 1.54) is 17.5 Å². The molecule has 2 aliphatic rings. The van der Waals surface area contributed by atoms with E-state index in [4.69, 9.17) is 0 Å². The van der Waals surface area contributed by atoms with Crippen LogP contribution in [0, 0.1) is 11.8 Å². The van der Waals surface area contributed by atoms with Gasteiger partial charge < -0.3 is 10.2 Å². The van der Waals surface area contributed by atoms with E-state index in [0.717, 1.165) is 32.5 Å². The molecular weight excluding hydrogens is 284 g/mol. The Morgan fingerprint density at radius 1 is 1.22 bits per heavy atom. The van der Waals surface area contributed by atoms with Crippen LogP contribution in [-0.2, 0) is 4.79 Å². The van der Waals surface area contributed by atoms with Gasteiger partial charge in [0.1, 0.15) is 0 Å². The Kier molecular flexibility index (Phi) is 5.05. The Hall–Kier alpha value is -1.35. The van der Waals surface area contributed by atoms with Gasteiger partial charge in [0.2, 0.25) is 5.91 Å². The molecule has 0 unspecified atom stereocenters. The minimum Gasteiger partial charge on any atom is -0.355 e. The summed E-state index contributed by atoms with van der Waals surface area (Å²) in [5.74, 6) is 2.25. The minimum atomic E-state index is 0.212. The van der Waals surface area contributed by atoms with Crippen LogP contribution < -0.4 is 5.32 Å². The number of amides is 1. The van der Waals surface area contributed by atoms with E-state index in [1.807, 2.05) is 0 Å². The van der Waals surface area contributed by atoms with E-state index >= 15 is 0 Å². The second-order valence-corrected chi connectivity index (χ2v) is 7.73. The molecule has 126 valence electrons. The topological polar surface area (TPSA) is 32.3 Å². The van der Waals surface area contributed by atoms with Gasteiger partial charge in [-0.25, -0.2) is 0 Å². The van der Waals surface area contributed by atoms with E-state index in [-0.39, 0.29) is 11.8 Å². The number of hydrogen-bond acceptors (Lipinski definition) is 2. The number of carbonyl (C=O) groups is 1. The molecule has 3 heteroatoms. The average molecular weight is 314 g/mol. The van der Waals surface area contributed by atoms with E-state index < -0.39 is 0 Å². The third-order valence-electron chi connectivity index (χ3n) is 5.79. The lowest BCUT2D eigenvalue weighted by atomic mass is 9.90. The van der Waals surface area contributed by atoms with E-state index in [1.54, 1.807) is 0 Å². The molecule has 3 rings (SSSR count). The summed E-state index contributed by atoms with van der Waals surface area (Å²) in [7, 11) is 2.13. The molecule has 1 N–H and O–H groups in total. The van der Waals surface area contributed by atoms with Crippen LogP contribution >= 0.6 is 0 Å². The number of rotatable bonds is 4. The van der Waals surface area contributed by atoms with Gasteiger partial charge in [0.05, 0.1) is 0 Å². The molecule has 23 heavy (non-hydrogen) atoms. The number of nitrogens with zero attached hydrogens (tertiary/aromatic N) is 1. The van der Waals surface area contributed by atoms with Crippen molar-refractivity contribution in [1.29, 1.82) is 0 Å². The van der Waals surface area contributed by atoms with Crippen molar-refractivity contribution in [3.63, 3.8) is 0 Å². The predicted molar refractivity (Wildman–Crippen MR) is 94.6 cm³/mol. The molecule has 1 aromatic rings. The van der Waals surface area contributed by atoms with Gasteiger partial charge in [0.15, 0.2) is 0 Å². The number of fused-ring (bicyclic) bond motifs is 1. The van der Waals surface area contributed by atoms with Crippen molar-refractivity contribution in [2.75, 3.05) is 26.7 Å². The Labute approximate surface area is 140 Å². The Morgan fingerprint density at radius 2 is 1.87 bits per heavy atom. The maximum absolute atomic E-state index is 12.5. The third-order valence-corrected chi connectivity index (χ3v) is 5.79. The van der Waals surface area contributed by atoms with Crippen LogP contribution in [0.25, 0.3) is 0 Å². The predicted octanol–water partition coefficient (Wildman–Crippen LogP) is 3.37. The second kappa shape index (κ2) is 7.04. The molecule has 2 atom stereocenters. The summed E-state index contributed by atoms with van der Waals surface area (Å²) in [6.45, 7) is 7.49. The minimum absolute atomic E-state index is 0.212. The Balaban J connectivity index is 1.59. The van der Waals surface area contributed by atoms with Crippen molar-refractivity contribution >= 4 is 5.91 Å². The van der Waals surface area contributed by atoms with E-state index in [0.29, 0.717) is 17.8 Å². The number of nitrogens with one attached hydrogen (secondary N) is 1. The van der Waals surface area contributed by atoms with Crippen molar-refractivity contribution in [2.45, 2.75) is 44.9 Å². The van der Waals surface area contributed by atoms with Crippen molar-refractivity contribution in [2.24, 2.45) is 11.8 Å². The summed E-state index contributed by atoms with van der Waals surface area (Å²) in [5.41, 5.74) is 2.95. The number of hydrogen-bond donors (Lipinski definition) is 1. The maximum atomic E-state index is 12.5. The van der Waals surface area contributed by atoms with Gasteiger partial charge in [0.25, 0.3) is 0 Å². The highest BCUT2D eigenvalue weighted by Gasteiger charge is 2.33. The number of benzene rings is 1. The molecule has 1 aromatic carbocycles. The van der Waals surface area contributed by atoms with E-state index in [9.17, 15) is 4.79 Å². The van der Waals surface area contributed by atoms with Crippen LogP contribution in [0.5, 0.6) is 0 Å². The number of piperidine rings is 1. The molecule has 0 aromatic heterocycles. The molecule has 0 bridgehead atoms. The lowest BCUT2D eigenvalue weighted by Gasteiger charge is -2.28. The summed E-state index contributed by atoms with van der Waals surface area (Å²) in [6, 6.07) is 8.81. The highest BCUT2D eigenvalue weighted by Crippen LogP contribution is 2.44. The zero-order valence-electron chi connectivity index (χ0n) is 14.7. The fraction of sp³-hybridized carbons (Fsp3) is 0.650. The SMILES string of the molecule is CC(C)[C@@H]1C[C@@H](CNC(=O)C2CCN(C)CC2)c2ccccc21. The van der Waals surface area contributed by atoms with Crippen molar-refractivity contribution in [1.82, 2.24) is 10.2 Å². The summed E-state index contributed by atoms with van der Waals surface area (Å²) in [5, 5.41) is 3.25. The van der Waals surface area contributed by atoms with Gasteiger partial charge in [-0.15, -0.1) is 0 Å². The first-order valence-electron chi connectivity index (χ1n) is 9.11. The van der Waals surface area contributed by atoms with Crippen LogP contribution in [0.1, 0.15) is 56.1 Å². The number of likely N-dealkylation sites (tertiary alicyclic amines) is 1. The van der Waals surface area contributed by atoms with E-state index in [2.05, 4.69) is 55.4 Å². The van der Waals surface area contributed by atoms with Gasteiger partial charge in [-0.1, -0.05) is 38.1 Å². The largest absolute Gasteiger partial charge is 0.355 e. The molecule has 3 nitrogen and oxygen atoms in total. The third kappa shape index (κ3) is 3.60. The monoisotopic (exact) mass is 314 g/mol. The summed E-state index contributed by atoms with van der Waals surface area (Å²) >= 11 is 0. The molecule has 1 aliphatic carbocycles. The highest BCUT2D eigenvalue weighted by atomic mass is 16.1. The average Bonchev–Trinajstić information content (AvgIpc) is 2.92. The normalized spacial score (nSPS) is 25.6. The van der Waals surface area contributed by atoms with Crippen molar-refractivity contribution < 1.29 is 4.79 Å². The zero-order chi connectivity index (χ0) is 16.4. The number of carbonyl (C=O) groups excluding carboxylic acids is 1. The smallest absolute Gasteiger partial charge is 0.223 e. The standard InChI is InChI=1S/C20H30N2O/c1-14(2)19-12-16(17-6-4-5-7-18(17)19)13-21-20(23)15-8-10-22(3)11-9-15/h4-7,14-16,19H,8-13H2,1-3H3,(H,21,23)/t16-,19-/m0/s1. The quantitative estimate of drug-likeness (QED) is 0.924. The molecule has 1 saturated heterocycles. The van der Waals surface area contributed by atoms with Crippen molar-refractivity contribution in [3.05, 3.63) is 35.4 Å². The molecule has 1 heterocycles. The maximum Gasteiger partial charge on any atom is 0.223 e. The first-order valence-corrected chi connectivity index (χ1v) is 9.11. The van der Waals surface area contributed by atoms with Crippen molar-refractivity contribution in [3.8, 4) is 0 Å². The Morgan fingerprint density at radius 3 is 2.52 bits per heavy atom. The second-order valence-electron chi connectivity index (χ2n) is 7.73. The zero-order valence-corrected chi connectivity index (χ0v) is 14.7. The first kappa shape index (κ1) is 16.5. The van der Waals surface area contributed by atoms with Crippen LogP contribution in [0.2, 0.25) is 0 Å². The summed E-state index contributed by atoms with van der Waals surface area (Å²) in [6.07, 6.45) is 3.17. The van der Waals surface area contributed by atoms with Crippen LogP contribution in [0.4, 0.5) is 0 Å². The molecule has 0 spiro atoms. The van der Waals surface area contributed by atoms with Gasteiger partial charge in [0, 0.05) is 18.4 Å². The molecule has 0 saturated carbocycles. The van der Waals surface area contributed by atoms with Gasteiger partial charge >= 0.3 is 0 Å². The molecular formula is C20H30N2O. The molecule has 1 aliphatic heterocycles. The van der Waals surface area contributed by atoms with Crippen LogP contribution in [0.3, 0.4) is 0 Å². The lowest BCUT2D eigenvalue weighted by Crippen LogP contribution is -2.40. The molecule has 1 amide bonds. The lowest BCUT2D eigenvalue weighted by molar-refractivity contribution is -0.126. The fourth-order valence-electron chi connectivity index (χ4n) is 4.24. The summed E-state index contributed by atoms with van der Waals surface area (Å²) in [4.78, 5) is 14.8. The van der Waals surface area contributed by atoms with Gasteiger partial charge in [-0.3, -0.25) is 4.79 Å². The summed E-state index contributed by atoms with van der Waals surface area (Å²) < 4.78 is 0. The van der Waals surface area contributed by atoms with Crippen LogP contribution in [-0.4, -0.2) is 37.5 Å². The van der Waals surface area contributed by atoms with Gasteiger partial charge in [-0.05, 0) is 62.4 Å². The van der Waals surface area contributed by atoms with Crippen LogP contribution in [0.15, 0.2) is 24.3 Å².